The zero-order valence-corrected chi connectivity index (χ0v) is 10.7. The van der Waals surface area contributed by atoms with E-state index in [0.717, 1.165) is 38.6 Å². The van der Waals surface area contributed by atoms with Gasteiger partial charge in [-0.1, -0.05) is 6.92 Å². The van der Waals surface area contributed by atoms with Gasteiger partial charge < -0.3 is 15.2 Å². The van der Waals surface area contributed by atoms with Gasteiger partial charge in [0.1, 0.15) is 0 Å². The van der Waals surface area contributed by atoms with Gasteiger partial charge in [0.25, 0.3) is 0 Å². The highest BCUT2D eigenvalue weighted by Crippen LogP contribution is 2.24. The van der Waals surface area contributed by atoms with E-state index in [9.17, 15) is 13.2 Å². The lowest BCUT2D eigenvalue weighted by Gasteiger charge is -2.30. The summed E-state index contributed by atoms with van der Waals surface area (Å²) in [5.41, 5.74) is 0. The summed E-state index contributed by atoms with van der Waals surface area (Å²) in [6.45, 7) is 2.42. The fourth-order valence-corrected chi connectivity index (χ4v) is 2.10. The van der Waals surface area contributed by atoms with Gasteiger partial charge in [0.15, 0.2) is 6.10 Å². The molecule has 1 atom stereocenters. The van der Waals surface area contributed by atoms with Crippen LogP contribution in [0.5, 0.6) is 0 Å². The van der Waals surface area contributed by atoms with Crippen molar-refractivity contribution in [3.05, 3.63) is 0 Å². The minimum Gasteiger partial charge on any atom is -0.382 e. The first-order valence-electron chi connectivity index (χ1n) is 6.53. The Labute approximate surface area is 106 Å². The summed E-state index contributed by atoms with van der Waals surface area (Å²) in [4.78, 5) is 0. The average Bonchev–Trinajstić information content (AvgIpc) is 2.33. The van der Waals surface area contributed by atoms with Crippen LogP contribution in [0.1, 0.15) is 39.0 Å². The maximum absolute atomic E-state index is 12.1. The van der Waals surface area contributed by atoms with Crippen molar-refractivity contribution in [3.63, 3.8) is 0 Å². The average molecular weight is 269 g/mol. The number of nitrogens with one attached hydrogen (secondary N) is 1. The topological polar surface area (TPSA) is 41.5 Å². The predicted molar refractivity (Wildman–Crippen MR) is 62.4 cm³/mol. The molecule has 3 nitrogen and oxygen atoms in total. The first-order valence-corrected chi connectivity index (χ1v) is 6.53. The standard InChI is InChI=1S/C12H22F3NO2/c1-2-7-16-9-3-5-10(6-4-9)18-8-11(17)12(13,14)15/h9-11,16-17H,2-8H2,1H3. The quantitative estimate of drug-likeness (QED) is 0.777. The molecule has 0 aromatic carbocycles. The van der Waals surface area contributed by atoms with Crippen LogP contribution in [0.2, 0.25) is 0 Å². The van der Waals surface area contributed by atoms with Crippen molar-refractivity contribution in [2.24, 2.45) is 0 Å². The summed E-state index contributed by atoms with van der Waals surface area (Å²) in [7, 11) is 0. The van der Waals surface area contributed by atoms with Gasteiger partial charge in [-0.25, -0.2) is 0 Å². The fraction of sp³-hybridized carbons (Fsp3) is 1.00. The van der Waals surface area contributed by atoms with Crippen molar-refractivity contribution >= 4 is 0 Å². The molecule has 1 saturated carbocycles. The molecule has 6 heteroatoms. The number of rotatable bonds is 6. The minimum atomic E-state index is -4.58. The maximum atomic E-state index is 12.1. The van der Waals surface area contributed by atoms with Gasteiger partial charge >= 0.3 is 6.18 Å². The molecule has 0 radical (unpaired) electrons. The molecule has 1 unspecified atom stereocenters. The van der Waals surface area contributed by atoms with E-state index in [1.54, 1.807) is 0 Å². The zero-order valence-electron chi connectivity index (χ0n) is 10.7. The number of alkyl halides is 3. The van der Waals surface area contributed by atoms with E-state index in [-0.39, 0.29) is 6.10 Å². The summed E-state index contributed by atoms with van der Waals surface area (Å²) >= 11 is 0. The highest BCUT2D eigenvalue weighted by atomic mass is 19.4. The highest BCUT2D eigenvalue weighted by molar-refractivity contribution is 4.78. The molecule has 2 N–H and O–H groups in total. The number of aliphatic hydroxyl groups excluding tert-OH is 1. The Balaban J connectivity index is 2.16. The van der Waals surface area contributed by atoms with Crippen LogP contribution in [0.25, 0.3) is 0 Å². The van der Waals surface area contributed by atoms with Gasteiger partial charge in [-0.3, -0.25) is 0 Å². The Morgan fingerprint density at radius 1 is 1.28 bits per heavy atom. The summed E-state index contributed by atoms with van der Waals surface area (Å²) in [5, 5.41) is 12.2. The molecule has 0 amide bonds. The predicted octanol–water partition coefficient (Wildman–Crippen LogP) is 2.24. The van der Waals surface area contributed by atoms with Gasteiger partial charge in [-0.05, 0) is 38.6 Å². The lowest BCUT2D eigenvalue weighted by atomic mass is 9.93. The number of ether oxygens (including phenoxy) is 1. The zero-order chi connectivity index (χ0) is 13.6. The van der Waals surface area contributed by atoms with Crippen LogP contribution in [-0.2, 0) is 4.74 Å². The molecular formula is C12H22F3NO2. The van der Waals surface area contributed by atoms with Crippen molar-refractivity contribution in [2.45, 2.75) is 63.5 Å². The second-order valence-electron chi connectivity index (χ2n) is 4.82. The van der Waals surface area contributed by atoms with E-state index in [2.05, 4.69) is 12.2 Å². The fourth-order valence-electron chi connectivity index (χ4n) is 2.10. The molecule has 0 heterocycles. The molecule has 1 rings (SSSR count). The SMILES string of the molecule is CCCNC1CCC(OCC(O)C(F)(F)F)CC1. The third-order valence-electron chi connectivity index (χ3n) is 3.22. The third-order valence-corrected chi connectivity index (χ3v) is 3.22. The van der Waals surface area contributed by atoms with Crippen molar-refractivity contribution < 1.29 is 23.0 Å². The van der Waals surface area contributed by atoms with E-state index in [1.807, 2.05) is 0 Å². The van der Waals surface area contributed by atoms with E-state index < -0.39 is 18.9 Å². The Morgan fingerprint density at radius 2 is 1.89 bits per heavy atom. The Bertz CT molecular complexity index is 228. The summed E-state index contributed by atoms with van der Waals surface area (Å²) in [5.74, 6) is 0. The molecule has 18 heavy (non-hydrogen) atoms. The van der Waals surface area contributed by atoms with Gasteiger partial charge in [0.2, 0.25) is 0 Å². The summed E-state index contributed by atoms with van der Waals surface area (Å²) in [6.07, 6.45) is -2.67. The first-order chi connectivity index (χ1) is 8.43. The molecule has 0 saturated heterocycles. The van der Waals surface area contributed by atoms with Crippen molar-refractivity contribution in [3.8, 4) is 0 Å². The van der Waals surface area contributed by atoms with E-state index in [0.29, 0.717) is 6.04 Å². The highest BCUT2D eigenvalue weighted by Gasteiger charge is 2.38. The Kier molecular flexibility index (Phi) is 6.38. The molecule has 108 valence electrons. The number of hydrogen-bond donors (Lipinski definition) is 2. The molecule has 1 aliphatic carbocycles. The Morgan fingerprint density at radius 3 is 2.39 bits per heavy atom. The smallest absolute Gasteiger partial charge is 0.382 e. The van der Waals surface area contributed by atoms with Gasteiger partial charge in [0, 0.05) is 6.04 Å². The second-order valence-corrected chi connectivity index (χ2v) is 4.82. The molecule has 1 fully saturated rings. The summed E-state index contributed by atoms with van der Waals surface area (Å²) < 4.78 is 41.3. The van der Waals surface area contributed by atoms with Gasteiger partial charge in [-0.2, -0.15) is 13.2 Å². The van der Waals surface area contributed by atoms with Crippen molar-refractivity contribution in [1.29, 1.82) is 0 Å². The monoisotopic (exact) mass is 269 g/mol. The number of halogens is 3. The maximum Gasteiger partial charge on any atom is 0.416 e. The van der Waals surface area contributed by atoms with Crippen LogP contribution in [0.3, 0.4) is 0 Å². The van der Waals surface area contributed by atoms with Crippen LogP contribution >= 0.6 is 0 Å². The first kappa shape index (κ1) is 15.7. The minimum absolute atomic E-state index is 0.151. The van der Waals surface area contributed by atoms with E-state index >= 15 is 0 Å². The second kappa shape index (κ2) is 7.31. The van der Waals surface area contributed by atoms with Crippen LogP contribution in [0.4, 0.5) is 13.2 Å². The van der Waals surface area contributed by atoms with Crippen molar-refractivity contribution in [1.82, 2.24) is 5.32 Å². The van der Waals surface area contributed by atoms with Crippen LogP contribution < -0.4 is 5.32 Å². The van der Waals surface area contributed by atoms with Crippen molar-refractivity contribution in [2.75, 3.05) is 13.2 Å². The molecule has 0 bridgehead atoms. The lowest BCUT2D eigenvalue weighted by molar-refractivity contribution is -0.222. The molecule has 1 aliphatic rings. The number of aliphatic hydroxyl groups is 1. The van der Waals surface area contributed by atoms with Crippen LogP contribution in [0.15, 0.2) is 0 Å². The normalized spacial score (nSPS) is 27.2. The molecule has 0 aromatic heterocycles. The van der Waals surface area contributed by atoms with E-state index in [1.165, 1.54) is 0 Å². The number of hydrogen-bond acceptors (Lipinski definition) is 3. The van der Waals surface area contributed by atoms with E-state index in [4.69, 9.17) is 9.84 Å². The van der Waals surface area contributed by atoms with Crippen LogP contribution in [-0.4, -0.2) is 42.7 Å². The Hall–Kier alpha value is -0.330. The third kappa shape index (κ3) is 5.54. The molecule has 0 aromatic rings. The summed E-state index contributed by atoms with van der Waals surface area (Å²) in [6, 6.07) is 0.456. The molecule has 0 spiro atoms. The molecule has 0 aliphatic heterocycles. The van der Waals surface area contributed by atoms with Crippen LogP contribution in [0, 0.1) is 0 Å². The van der Waals surface area contributed by atoms with Gasteiger partial charge in [0.05, 0.1) is 12.7 Å². The molecular weight excluding hydrogens is 247 g/mol. The largest absolute Gasteiger partial charge is 0.416 e. The van der Waals surface area contributed by atoms with Gasteiger partial charge in [-0.15, -0.1) is 0 Å². The lowest BCUT2D eigenvalue weighted by Crippen LogP contribution is -2.38.